The highest BCUT2D eigenvalue weighted by atomic mass is 35.5. The molecule has 3 heterocycles. The lowest BCUT2D eigenvalue weighted by Gasteiger charge is -2.15. The second-order valence-corrected chi connectivity index (χ2v) is 4.72. The Bertz CT molecular complexity index is 409. The van der Waals surface area contributed by atoms with Gasteiger partial charge >= 0.3 is 0 Å². The first-order valence-corrected chi connectivity index (χ1v) is 5.67. The molecule has 0 aliphatic carbocycles. The molecule has 94 valence electrons. The maximum Gasteiger partial charge on any atom is 0.292 e. The maximum absolute atomic E-state index is 12.1. The molecule has 0 spiro atoms. The van der Waals surface area contributed by atoms with E-state index in [-0.39, 0.29) is 18.3 Å². The van der Waals surface area contributed by atoms with Gasteiger partial charge in [0.15, 0.2) is 0 Å². The Labute approximate surface area is 106 Å². The minimum atomic E-state index is -0.0185. The third-order valence-corrected chi connectivity index (χ3v) is 3.52. The van der Waals surface area contributed by atoms with Gasteiger partial charge in [0.2, 0.25) is 5.76 Å². The van der Waals surface area contributed by atoms with Crippen LogP contribution in [0.5, 0.6) is 0 Å². The van der Waals surface area contributed by atoms with Crippen LogP contribution in [0.3, 0.4) is 0 Å². The number of likely N-dealkylation sites (tertiary alicyclic amines) is 1. The molecule has 0 saturated carbocycles. The van der Waals surface area contributed by atoms with Crippen LogP contribution in [0.25, 0.3) is 0 Å². The summed E-state index contributed by atoms with van der Waals surface area (Å²) < 4.78 is 5.00. The molecule has 5 nitrogen and oxygen atoms in total. The van der Waals surface area contributed by atoms with Crippen LogP contribution in [0.4, 0.5) is 0 Å². The van der Waals surface area contributed by atoms with Gasteiger partial charge < -0.3 is 14.7 Å². The largest absolute Gasteiger partial charge is 0.351 e. The zero-order chi connectivity index (χ0) is 11.1. The molecule has 2 aliphatic heterocycles. The molecule has 0 radical (unpaired) electrons. The summed E-state index contributed by atoms with van der Waals surface area (Å²) in [5, 5.41) is 7.10. The van der Waals surface area contributed by atoms with Crippen molar-refractivity contribution < 1.29 is 9.32 Å². The monoisotopic (exact) mass is 257 g/mol. The van der Waals surface area contributed by atoms with E-state index in [4.69, 9.17) is 4.52 Å². The number of carbonyl (C=O) groups excluding carboxylic acids is 1. The fourth-order valence-corrected chi connectivity index (χ4v) is 2.64. The Morgan fingerprint density at radius 1 is 1.47 bits per heavy atom. The number of aryl methyl sites for hydroxylation is 1. The van der Waals surface area contributed by atoms with Gasteiger partial charge in [-0.3, -0.25) is 4.79 Å². The van der Waals surface area contributed by atoms with Gasteiger partial charge in [0.25, 0.3) is 5.91 Å². The van der Waals surface area contributed by atoms with Gasteiger partial charge in [-0.05, 0) is 18.8 Å². The third kappa shape index (κ3) is 2.17. The molecule has 1 aromatic rings. The van der Waals surface area contributed by atoms with Gasteiger partial charge in [0, 0.05) is 32.2 Å². The second kappa shape index (κ2) is 4.66. The number of carbonyl (C=O) groups is 1. The molecular weight excluding hydrogens is 242 g/mol. The van der Waals surface area contributed by atoms with Crippen LogP contribution >= 0.6 is 12.4 Å². The molecule has 17 heavy (non-hydrogen) atoms. The third-order valence-electron chi connectivity index (χ3n) is 3.52. The number of halogens is 1. The molecule has 0 bridgehead atoms. The predicted octanol–water partition coefficient (Wildman–Crippen LogP) is 0.696. The Kier molecular flexibility index (Phi) is 3.40. The fraction of sp³-hybridized carbons (Fsp3) is 0.636. The number of nitrogens with zero attached hydrogens (tertiary/aromatic N) is 2. The molecule has 2 saturated heterocycles. The van der Waals surface area contributed by atoms with Crippen LogP contribution in [-0.2, 0) is 0 Å². The zero-order valence-electron chi connectivity index (χ0n) is 9.68. The zero-order valence-corrected chi connectivity index (χ0v) is 10.5. The van der Waals surface area contributed by atoms with E-state index in [0.29, 0.717) is 17.6 Å². The lowest BCUT2D eigenvalue weighted by atomic mass is 10.0. The molecular formula is C11H16ClN3O2. The Morgan fingerprint density at radius 2 is 2.12 bits per heavy atom. The van der Waals surface area contributed by atoms with Crippen LogP contribution in [0, 0.1) is 18.8 Å². The number of amides is 1. The van der Waals surface area contributed by atoms with E-state index in [1.807, 2.05) is 11.8 Å². The van der Waals surface area contributed by atoms with Crippen LogP contribution in [0.2, 0.25) is 0 Å². The first-order chi connectivity index (χ1) is 7.74. The standard InChI is InChI=1S/C11H15N3O2.ClH/c1-7-2-10(16-13-7)11(15)14-5-8-3-12-4-9(8)6-14;/h2,8-9,12H,3-6H2,1H3;1H/t8-,9+;. The normalized spacial score (nSPS) is 26.8. The van der Waals surface area contributed by atoms with Gasteiger partial charge in [-0.15, -0.1) is 12.4 Å². The van der Waals surface area contributed by atoms with E-state index in [1.54, 1.807) is 6.07 Å². The molecule has 1 amide bonds. The van der Waals surface area contributed by atoms with Gasteiger partial charge in [0.1, 0.15) is 0 Å². The van der Waals surface area contributed by atoms with E-state index in [2.05, 4.69) is 10.5 Å². The molecule has 1 aromatic heterocycles. The van der Waals surface area contributed by atoms with Crippen LogP contribution in [0.15, 0.2) is 10.6 Å². The van der Waals surface area contributed by atoms with Crippen molar-refractivity contribution in [1.29, 1.82) is 0 Å². The van der Waals surface area contributed by atoms with Crippen molar-refractivity contribution in [2.45, 2.75) is 6.92 Å². The number of hydrogen-bond acceptors (Lipinski definition) is 4. The summed E-state index contributed by atoms with van der Waals surface area (Å²) in [5.74, 6) is 1.58. The lowest BCUT2D eigenvalue weighted by molar-refractivity contribution is 0.0740. The number of aromatic nitrogens is 1. The Balaban J connectivity index is 0.00000108. The van der Waals surface area contributed by atoms with Gasteiger partial charge in [-0.25, -0.2) is 0 Å². The van der Waals surface area contributed by atoms with E-state index < -0.39 is 0 Å². The lowest BCUT2D eigenvalue weighted by Crippen LogP contribution is -2.31. The highest BCUT2D eigenvalue weighted by Gasteiger charge is 2.39. The van der Waals surface area contributed by atoms with E-state index >= 15 is 0 Å². The first kappa shape index (κ1) is 12.4. The molecule has 1 N–H and O–H groups in total. The average molecular weight is 258 g/mol. The second-order valence-electron chi connectivity index (χ2n) is 4.72. The van der Waals surface area contributed by atoms with Gasteiger partial charge in [0.05, 0.1) is 5.69 Å². The average Bonchev–Trinajstić information content (AvgIpc) is 2.89. The number of fused-ring (bicyclic) bond motifs is 1. The van der Waals surface area contributed by atoms with Crippen LogP contribution in [0.1, 0.15) is 16.2 Å². The summed E-state index contributed by atoms with van der Waals surface area (Å²) >= 11 is 0. The van der Waals surface area contributed by atoms with E-state index in [1.165, 1.54) is 0 Å². The molecule has 6 heteroatoms. The smallest absolute Gasteiger partial charge is 0.292 e. The van der Waals surface area contributed by atoms with Crippen molar-refractivity contribution in [1.82, 2.24) is 15.4 Å². The van der Waals surface area contributed by atoms with E-state index in [0.717, 1.165) is 31.9 Å². The summed E-state index contributed by atoms with van der Waals surface area (Å²) in [7, 11) is 0. The van der Waals surface area contributed by atoms with Gasteiger partial charge in [-0.1, -0.05) is 5.16 Å². The Hall–Kier alpha value is -1.07. The topological polar surface area (TPSA) is 58.4 Å². The molecule has 2 aliphatic rings. The van der Waals surface area contributed by atoms with Crippen molar-refractivity contribution in [2.75, 3.05) is 26.2 Å². The summed E-state index contributed by atoms with van der Waals surface area (Å²) in [6, 6.07) is 1.70. The van der Waals surface area contributed by atoms with Crippen molar-refractivity contribution in [3.63, 3.8) is 0 Å². The number of hydrogen-bond donors (Lipinski definition) is 1. The summed E-state index contributed by atoms with van der Waals surface area (Å²) in [6.45, 7) is 5.57. The Morgan fingerprint density at radius 3 is 2.65 bits per heavy atom. The van der Waals surface area contributed by atoms with Crippen LogP contribution in [-0.4, -0.2) is 42.1 Å². The number of rotatable bonds is 1. The minimum absolute atomic E-state index is 0. The molecule has 2 atom stereocenters. The van der Waals surface area contributed by atoms with E-state index in [9.17, 15) is 4.79 Å². The molecule has 2 fully saturated rings. The SMILES string of the molecule is Cc1cc(C(=O)N2C[C@H]3CNC[C@H]3C2)on1.Cl. The summed E-state index contributed by atoms with van der Waals surface area (Å²) in [4.78, 5) is 13.9. The molecule has 0 aromatic carbocycles. The fourth-order valence-electron chi connectivity index (χ4n) is 2.64. The highest BCUT2D eigenvalue weighted by Crippen LogP contribution is 2.27. The van der Waals surface area contributed by atoms with Gasteiger partial charge in [-0.2, -0.15) is 0 Å². The predicted molar refractivity (Wildman–Crippen MR) is 64.2 cm³/mol. The molecule has 3 rings (SSSR count). The first-order valence-electron chi connectivity index (χ1n) is 5.67. The minimum Gasteiger partial charge on any atom is -0.351 e. The highest BCUT2D eigenvalue weighted by molar-refractivity contribution is 5.91. The quantitative estimate of drug-likeness (QED) is 0.805. The molecule has 0 unspecified atom stereocenters. The van der Waals surface area contributed by atoms with Crippen molar-refractivity contribution >= 4 is 18.3 Å². The summed E-state index contributed by atoms with van der Waals surface area (Å²) in [5.41, 5.74) is 0.754. The van der Waals surface area contributed by atoms with Crippen molar-refractivity contribution in [2.24, 2.45) is 11.8 Å². The van der Waals surface area contributed by atoms with Crippen molar-refractivity contribution in [3.05, 3.63) is 17.5 Å². The maximum atomic E-state index is 12.1. The number of nitrogens with one attached hydrogen (secondary N) is 1. The van der Waals surface area contributed by atoms with Crippen LogP contribution < -0.4 is 5.32 Å². The summed E-state index contributed by atoms with van der Waals surface area (Å²) in [6.07, 6.45) is 0. The van der Waals surface area contributed by atoms with Crippen molar-refractivity contribution in [3.8, 4) is 0 Å².